The van der Waals surface area contributed by atoms with Crippen molar-refractivity contribution >= 4 is 35.0 Å². The van der Waals surface area contributed by atoms with Gasteiger partial charge >= 0.3 is 0 Å². The molecule has 1 unspecified atom stereocenters. The minimum Gasteiger partial charge on any atom is -0.382 e. The van der Waals surface area contributed by atoms with Gasteiger partial charge in [-0.3, -0.25) is 9.69 Å². The Morgan fingerprint density at radius 2 is 1.80 bits per heavy atom. The highest BCUT2D eigenvalue weighted by molar-refractivity contribution is 6.30. The van der Waals surface area contributed by atoms with Gasteiger partial charge in [-0.25, -0.2) is 18.4 Å². The van der Waals surface area contributed by atoms with Crippen molar-refractivity contribution in [3.63, 3.8) is 0 Å². The van der Waals surface area contributed by atoms with Crippen molar-refractivity contribution < 1.29 is 18.7 Å². The molecule has 41 heavy (non-hydrogen) atoms. The quantitative estimate of drug-likeness (QED) is 0.283. The van der Waals surface area contributed by atoms with E-state index in [-0.39, 0.29) is 24.6 Å². The van der Waals surface area contributed by atoms with E-state index < -0.39 is 17.2 Å². The number of anilines is 2. The molecule has 3 aromatic carbocycles. The zero-order valence-electron chi connectivity index (χ0n) is 22.1. The number of β-amino-alcohol motifs (C(OH)–C–C–N with tert-alkyl or cyclic N) is 1. The molecule has 0 radical (unpaired) electrons. The molecule has 1 amide bonds. The van der Waals surface area contributed by atoms with Gasteiger partial charge in [-0.2, -0.15) is 5.10 Å². The zero-order chi connectivity index (χ0) is 28.8. The Labute approximate surface area is 241 Å². The summed E-state index contributed by atoms with van der Waals surface area (Å²) in [5, 5.41) is 19.1. The third-order valence-electron chi connectivity index (χ3n) is 6.96. The van der Waals surface area contributed by atoms with Gasteiger partial charge in [0.2, 0.25) is 5.91 Å². The van der Waals surface area contributed by atoms with Crippen LogP contribution in [0.15, 0.2) is 85.5 Å². The van der Waals surface area contributed by atoms with Gasteiger partial charge in [0.05, 0.1) is 6.54 Å². The lowest BCUT2D eigenvalue weighted by atomic mass is 9.92. The van der Waals surface area contributed by atoms with Gasteiger partial charge in [0, 0.05) is 66.8 Å². The van der Waals surface area contributed by atoms with E-state index >= 15 is 0 Å². The highest BCUT2D eigenvalue weighted by Crippen LogP contribution is 2.29. The Morgan fingerprint density at radius 1 is 1.02 bits per heavy atom. The van der Waals surface area contributed by atoms with Crippen molar-refractivity contribution in [3.8, 4) is 0 Å². The van der Waals surface area contributed by atoms with Crippen LogP contribution in [0.1, 0.15) is 11.1 Å². The number of piperazine rings is 1. The van der Waals surface area contributed by atoms with E-state index in [0.29, 0.717) is 36.9 Å². The lowest BCUT2D eigenvalue weighted by Gasteiger charge is -2.40. The monoisotopic (exact) mass is 578 g/mol. The van der Waals surface area contributed by atoms with Crippen LogP contribution in [0.2, 0.25) is 5.02 Å². The van der Waals surface area contributed by atoms with E-state index in [9.17, 15) is 18.7 Å². The maximum Gasteiger partial charge on any atom is 0.248 e. The Hall–Kier alpha value is -4.12. The number of carbonyl (C=O) groups is 1. The van der Waals surface area contributed by atoms with Crippen LogP contribution in [-0.2, 0) is 16.9 Å². The molecule has 1 fully saturated rings. The molecule has 0 spiro atoms. The summed E-state index contributed by atoms with van der Waals surface area (Å²) in [5.41, 5.74) is 0.875. The van der Waals surface area contributed by atoms with Crippen LogP contribution in [0.5, 0.6) is 0 Å². The number of hydrogen-bond acceptors (Lipinski definition) is 6. The van der Waals surface area contributed by atoms with Crippen LogP contribution in [0, 0.1) is 11.6 Å². The Morgan fingerprint density at radius 3 is 2.49 bits per heavy atom. The fourth-order valence-electron chi connectivity index (χ4n) is 4.93. The minimum atomic E-state index is -1.64. The van der Waals surface area contributed by atoms with Gasteiger partial charge in [0.25, 0.3) is 0 Å². The van der Waals surface area contributed by atoms with Crippen molar-refractivity contribution in [2.24, 2.45) is 0 Å². The van der Waals surface area contributed by atoms with Crippen LogP contribution in [0.3, 0.4) is 0 Å². The van der Waals surface area contributed by atoms with Crippen molar-refractivity contribution in [2.75, 3.05) is 42.9 Å². The van der Waals surface area contributed by atoms with E-state index in [2.05, 4.69) is 25.2 Å². The molecule has 212 valence electrons. The second kappa shape index (κ2) is 12.6. The molecule has 8 nitrogen and oxygen atoms in total. The second-order valence-corrected chi connectivity index (χ2v) is 10.4. The maximum atomic E-state index is 14.8. The maximum absolute atomic E-state index is 14.8. The Balaban J connectivity index is 1.18. The summed E-state index contributed by atoms with van der Waals surface area (Å²) in [6, 6.07) is 18.0. The van der Waals surface area contributed by atoms with Gasteiger partial charge in [-0.05, 0) is 54.1 Å². The Kier molecular flexibility index (Phi) is 8.72. The topological polar surface area (TPSA) is 86.5 Å². The Bertz CT molecular complexity index is 1510. The second-order valence-electron chi connectivity index (χ2n) is 9.94. The first-order valence-corrected chi connectivity index (χ1v) is 13.5. The van der Waals surface area contributed by atoms with Gasteiger partial charge < -0.3 is 15.3 Å². The summed E-state index contributed by atoms with van der Waals surface area (Å²) in [4.78, 5) is 20.5. The standard InChI is InChI=1S/C30H29ClF2N6O2/c31-23-3-1-2-22(16-23)4-11-29(40)36-25-6-8-26(9-7-25)38-14-12-37(13-15-38)18-30(41,19-39-21-34-20-35-39)27-10-5-24(32)17-28(27)33/h1-11,16-17,20-21,41H,12-15,18-19H2,(H,36,40)/b11-4+. The number of nitrogens with zero attached hydrogens (tertiary/aromatic N) is 5. The fourth-order valence-corrected chi connectivity index (χ4v) is 5.12. The van der Waals surface area contributed by atoms with Crippen LogP contribution in [0.4, 0.5) is 20.2 Å². The molecular weight excluding hydrogens is 550 g/mol. The lowest BCUT2D eigenvalue weighted by molar-refractivity contribution is -0.111. The summed E-state index contributed by atoms with van der Waals surface area (Å²) in [5.74, 6) is -1.76. The average molecular weight is 579 g/mol. The highest BCUT2D eigenvalue weighted by atomic mass is 35.5. The summed E-state index contributed by atoms with van der Waals surface area (Å²) in [7, 11) is 0. The lowest BCUT2D eigenvalue weighted by Crippen LogP contribution is -2.52. The largest absolute Gasteiger partial charge is 0.382 e. The van der Waals surface area contributed by atoms with Gasteiger partial charge in [-0.15, -0.1) is 0 Å². The average Bonchev–Trinajstić information content (AvgIpc) is 3.45. The number of hydrogen-bond donors (Lipinski definition) is 2. The summed E-state index contributed by atoms with van der Waals surface area (Å²) in [6.45, 7) is 2.71. The van der Waals surface area contributed by atoms with Crippen molar-refractivity contribution in [3.05, 3.63) is 113 Å². The van der Waals surface area contributed by atoms with Crippen LogP contribution < -0.4 is 10.2 Å². The molecule has 1 saturated heterocycles. The third-order valence-corrected chi connectivity index (χ3v) is 7.19. The van der Waals surface area contributed by atoms with E-state index in [1.807, 2.05) is 36.4 Å². The molecule has 1 aliphatic rings. The number of amides is 1. The summed E-state index contributed by atoms with van der Waals surface area (Å²) in [6.07, 6.45) is 5.95. The van der Waals surface area contributed by atoms with Crippen molar-refractivity contribution in [2.45, 2.75) is 12.1 Å². The number of nitrogens with one attached hydrogen (secondary N) is 1. The predicted octanol–water partition coefficient (Wildman–Crippen LogP) is 4.57. The van der Waals surface area contributed by atoms with Crippen LogP contribution in [-0.4, -0.2) is 63.4 Å². The van der Waals surface area contributed by atoms with Gasteiger partial charge in [0.1, 0.15) is 29.9 Å². The first kappa shape index (κ1) is 28.4. The van der Waals surface area contributed by atoms with Crippen LogP contribution >= 0.6 is 11.6 Å². The summed E-state index contributed by atoms with van der Waals surface area (Å²) >= 11 is 5.98. The molecule has 1 aromatic heterocycles. The summed E-state index contributed by atoms with van der Waals surface area (Å²) < 4.78 is 29.8. The number of benzene rings is 3. The molecule has 11 heteroatoms. The molecule has 2 heterocycles. The van der Waals surface area contributed by atoms with E-state index in [4.69, 9.17) is 11.6 Å². The smallest absolute Gasteiger partial charge is 0.248 e. The van der Waals surface area contributed by atoms with Crippen LogP contribution in [0.25, 0.3) is 6.08 Å². The van der Waals surface area contributed by atoms with E-state index in [1.165, 1.54) is 29.5 Å². The van der Waals surface area contributed by atoms with E-state index in [0.717, 1.165) is 23.4 Å². The van der Waals surface area contributed by atoms with Gasteiger partial charge in [-0.1, -0.05) is 29.8 Å². The normalized spacial score (nSPS) is 15.7. The first-order chi connectivity index (χ1) is 19.8. The molecule has 0 aliphatic carbocycles. The number of carbonyl (C=O) groups excluding carboxylic acids is 1. The molecule has 5 rings (SSSR count). The molecule has 0 bridgehead atoms. The van der Waals surface area contributed by atoms with Crippen molar-refractivity contribution in [1.82, 2.24) is 19.7 Å². The van der Waals surface area contributed by atoms with E-state index in [1.54, 1.807) is 18.2 Å². The highest BCUT2D eigenvalue weighted by Gasteiger charge is 2.36. The molecule has 1 atom stereocenters. The number of aromatic nitrogens is 3. The molecule has 2 N–H and O–H groups in total. The molecule has 1 aliphatic heterocycles. The molecule has 0 saturated carbocycles. The zero-order valence-corrected chi connectivity index (χ0v) is 22.9. The fraction of sp³-hybridized carbons (Fsp3) is 0.233. The number of rotatable bonds is 9. The van der Waals surface area contributed by atoms with Crippen molar-refractivity contribution in [1.29, 1.82) is 0 Å². The molecular formula is C30H29ClF2N6O2. The molecule has 4 aromatic rings. The SMILES string of the molecule is O=C(/C=C/c1cccc(Cl)c1)Nc1ccc(N2CCN(CC(O)(Cn3cncn3)c3ccc(F)cc3F)CC2)cc1. The third kappa shape index (κ3) is 7.35. The number of halogens is 3. The number of aliphatic hydroxyl groups is 1. The minimum absolute atomic E-state index is 0.0110. The van der Waals surface area contributed by atoms with Gasteiger partial charge in [0.15, 0.2) is 0 Å². The predicted molar refractivity (Wildman–Crippen MR) is 154 cm³/mol. The first-order valence-electron chi connectivity index (χ1n) is 13.1.